The fourth-order valence-corrected chi connectivity index (χ4v) is 2.95. The number of halogens is 2. The molecule has 0 radical (unpaired) electrons. The third kappa shape index (κ3) is 6.29. The first-order valence-corrected chi connectivity index (χ1v) is 8.37. The largest absolute Gasteiger partial charge is 0.381 e. The minimum Gasteiger partial charge on any atom is -0.381 e. The van der Waals surface area contributed by atoms with Gasteiger partial charge in [0.25, 0.3) is 0 Å². The van der Waals surface area contributed by atoms with Gasteiger partial charge in [0, 0.05) is 38.7 Å². The van der Waals surface area contributed by atoms with E-state index in [0.717, 1.165) is 24.9 Å². The van der Waals surface area contributed by atoms with Crippen molar-refractivity contribution in [3.05, 3.63) is 54.1 Å². The first kappa shape index (κ1) is 22.4. The molecule has 1 aliphatic heterocycles. The number of hydrogen-bond donors (Lipinski definition) is 2. The van der Waals surface area contributed by atoms with Gasteiger partial charge in [0.1, 0.15) is 0 Å². The molecular formula is C18H26Cl2N4O2. The third-order valence-electron chi connectivity index (χ3n) is 4.49. The SMILES string of the molecule is Cl.Cl.NC(C(=O)NCc1ccc(Cn2ccnc2)cc1)C1CCOCC1. The predicted octanol–water partition coefficient (Wildman–Crippen LogP) is 2.15. The first-order valence-electron chi connectivity index (χ1n) is 8.37. The van der Waals surface area contributed by atoms with Gasteiger partial charge in [-0.3, -0.25) is 4.79 Å². The van der Waals surface area contributed by atoms with Crippen molar-refractivity contribution in [2.75, 3.05) is 13.2 Å². The van der Waals surface area contributed by atoms with E-state index in [1.807, 2.05) is 22.9 Å². The highest BCUT2D eigenvalue weighted by molar-refractivity contribution is 5.85. The summed E-state index contributed by atoms with van der Waals surface area (Å²) in [6.45, 7) is 2.69. The van der Waals surface area contributed by atoms with Gasteiger partial charge in [-0.2, -0.15) is 0 Å². The van der Waals surface area contributed by atoms with Crippen LogP contribution in [0.2, 0.25) is 0 Å². The molecule has 1 saturated heterocycles. The van der Waals surface area contributed by atoms with E-state index < -0.39 is 6.04 Å². The standard InChI is InChI=1S/C18H24N4O2.2ClH/c19-17(16-5-9-24-10-6-16)18(23)21-11-14-1-3-15(4-2-14)12-22-8-7-20-13-22;;/h1-4,7-8,13,16-17H,5-6,9-12,19H2,(H,21,23);2*1H. The molecule has 144 valence electrons. The third-order valence-corrected chi connectivity index (χ3v) is 4.49. The summed E-state index contributed by atoms with van der Waals surface area (Å²) in [7, 11) is 0. The molecule has 1 aromatic carbocycles. The molecule has 1 fully saturated rings. The molecule has 1 amide bonds. The average Bonchev–Trinajstić information content (AvgIpc) is 3.14. The lowest BCUT2D eigenvalue weighted by Gasteiger charge is -2.26. The van der Waals surface area contributed by atoms with Crippen molar-refractivity contribution in [2.24, 2.45) is 11.7 Å². The van der Waals surface area contributed by atoms with Crippen molar-refractivity contribution in [1.82, 2.24) is 14.9 Å². The van der Waals surface area contributed by atoms with Gasteiger partial charge in [0.2, 0.25) is 5.91 Å². The number of carbonyl (C=O) groups is 1. The Labute approximate surface area is 166 Å². The average molecular weight is 401 g/mol. The number of carbonyl (C=O) groups excluding carboxylic acids is 1. The Bertz CT molecular complexity index is 644. The molecule has 26 heavy (non-hydrogen) atoms. The summed E-state index contributed by atoms with van der Waals surface area (Å²) in [5.74, 6) is 0.140. The number of rotatable bonds is 6. The van der Waals surface area contributed by atoms with Crippen LogP contribution in [-0.4, -0.2) is 34.7 Å². The maximum absolute atomic E-state index is 12.2. The van der Waals surface area contributed by atoms with Crippen LogP contribution in [0, 0.1) is 5.92 Å². The molecule has 0 spiro atoms. The highest BCUT2D eigenvalue weighted by Gasteiger charge is 2.26. The second-order valence-electron chi connectivity index (χ2n) is 6.24. The number of hydrogen-bond acceptors (Lipinski definition) is 4. The lowest BCUT2D eigenvalue weighted by Crippen LogP contribution is -2.46. The topological polar surface area (TPSA) is 82.2 Å². The summed E-state index contributed by atoms with van der Waals surface area (Å²) in [5, 5.41) is 2.94. The van der Waals surface area contributed by atoms with Gasteiger partial charge in [-0.25, -0.2) is 4.98 Å². The van der Waals surface area contributed by atoms with Gasteiger partial charge in [-0.1, -0.05) is 24.3 Å². The summed E-state index contributed by atoms with van der Waals surface area (Å²) in [5.41, 5.74) is 8.34. The molecule has 0 aliphatic carbocycles. The smallest absolute Gasteiger partial charge is 0.237 e. The van der Waals surface area contributed by atoms with Crippen LogP contribution in [0.3, 0.4) is 0 Å². The summed E-state index contributed by atoms with van der Waals surface area (Å²) >= 11 is 0. The van der Waals surface area contributed by atoms with Gasteiger partial charge in [-0.15, -0.1) is 24.8 Å². The van der Waals surface area contributed by atoms with Gasteiger partial charge in [0.15, 0.2) is 0 Å². The van der Waals surface area contributed by atoms with E-state index >= 15 is 0 Å². The molecule has 6 nitrogen and oxygen atoms in total. The number of ether oxygens (including phenoxy) is 1. The zero-order valence-electron chi connectivity index (χ0n) is 14.5. The van der Waals surface area contributed by atoms with E-state index in [4.69, 9.17) is 10.5 Å². The summed E-state index contributed by atoms with van der Waals surface area (Å²) < 4.78 is 7.33. The van der Waals surface area contributed by atoms with Crippen molar-refractivity contribution >= 4 is 30.7 Å². The molecule has 2 aromatic rings. The van der Waals surface area contributed by atoms with E-state index in [2.05, 4.69) is 22.4 Å². The maximum atomic E-state index is 12.2. The number of benzene rings is 1. The minimum absolute atomic E-state index is 0. The molecule has 3 rings (SSSR count). The Morgan fingerprint density at radius 3 is 2.50 bits per heavy atom. The van der Waals surface area contributed by atoms with Crippen LogP contribution in [0.25, 0.3) is 0 Å². The Kier molecular flexibility index (Phi) is 9.65. The number of nitrogens with one attached hydrogen (secondary N) is 1. The lowest BCUT2D eigenvalue weighted by molar-refractivity contribution is -0.124. The molecule has 1 atom stereocenters. The van der Waals surface area contributed by atoms with Gasteiger partial charge < -0.3 is 20.4 Å². The van der Waals surface area contributed by atoms with Crippen LogP contribution in [0.1, 0.15) is 24.0 Å². The molecule has 3 N–H and O–H groups in total. The van der Waals surface area contributed by atoms with Crippen LogP contribution in [0.5, 0.6) is 0 Å². The maximum Gasteiger partial charge on any atom is 0.237 e. The van der Waals surface area contributed by atoms with Crippen molar-refractivity contribution in [3.8, 4) is 0 Å². The van der Waals surface area contributed by atoms with Crippen molar-refractivity contribution < 1.29 is 9.53 Å². The summed E-state index contributed by atoms with van der Waals surface area (Å²) in [6.07, 6.45) is 7.22. The van der Waals surface area contributed by atoms with Crippen LogP contribution in [0.15, 0.2) is 43.0 Å². The zero-order valence-corrected chi connectivity index (χ0v) is 16.2. The molecular weight excluding hydrogens is 375 g/mol. The number of nitrogens with zero attached hydrogens (tertiary/aromatic N) is 2. The molecule has 0 bridgehead atoms. The quantitative estimate of drug-likeness (QED) is 0.777. The van der Waals surface area contributed by atoms with E-state index in [1.165, 1.54) is 5.56 Å². The highest BCUT2D eigenvalue weighted by Crippen LogP contribution is 2.17. The zero-order chi connectivity index (χ0) is 16.8. The monoisotopic (exact) mass is 400 g/mol. The van der Waals surface area contributed by atoms with Crippen LogP contribution in [0.4, 0.5) is 0 Å². The summed E-state index contributed by atoms with van der Waals surface area (Å²) in [4.78, 5) is 16.2. The lowest BCUT2D eigenvalue weighted by atomic mass is 9.92. The number of amides is 1. The van der Waals surface area contributed by atoms with Crippen LogP contribution >= 0.6 is 24.8 Å². The van der Waals surface area contributed by atoms with Crippen molar-refractivity contribution in [3.63, 3.8) is 0 Å². The van der Waals surface area contributed by atoms with E-state index in [9.17, 15) is 4.79 Å². The molecule has 1 aromatic heterocycles. The Hall–Kier alpha value is -1.60. The van der Waals surface area contributed by atoms with E-state index in [-0.39, 0.29) is 36.6 Å². The molecule has 2 heterocycles. The summed E-state index contributed by atoms with van der Waals surface area (Å²) in [6, 6.07) is 7.76. The van der Waals surface area contributed by atoms with Gasteiger partial charge in [0.05, 0.1) is 12.4 Å². The van der Waals surface area contributed by atoms with E-state index in [0.29, 0.717) is 19.8 Å². The normalized spacial score (nSPS) is 15.4. The number of nitrogens with two attached hydrogens (primary N) is 1. The second-order valence-corrected chi connectivity index (χ2v) is 6.24. The molecule has 1 unspecified atom stereocenters. The van der Waals surface area contributed by atoms with Crippen molar-refractivity contribution in [2.45, 2.75) is 32.0 Å². The molecule has 0 saturated carbocycles. The second kappa shape index (κ2) is 11.2. The van der Waals surface area contributed by atoms with Crippen LogP contribution < -0.4 is 11.1 Å². The number of aromatic nitrogens is 2. The fraction of sp³-hybridized carbons (Fsp3) is 0.444. The Morgan fingerprint density at radius 2 is 1.88 bits per heavy atom. The predicted molar refractivity (Wildman–Crippen MR) is 106 cm³/mol. The first-order chi connectivity index (χ1) is 11.7. The fourth-order valence-electron chi connectivity index (χ4n) is 2.95. The van der Waals surface area contributed by atoms with E-state index in [1.54, 1.807) is 12.5 Å². The molecule has 1 aliphatic rings. The van der Waals surface area contributed by atoms with Crippen LogP contribution in [-0.2, 0) is 22.6 Å². The molecule has 8 heteroatoms. The van der Waals surface area contributed by atoms with Gasteiger partial charge >= 0.3 is 0 Å². The van der Waals surface area contributed by atoms with Crippen molar-refractivity contribution in [1.29, 1.82) is 0 Å². The Balaban J connectivity index is 0.00000169. The Morgan fingerprint density at radius 1 is 1.23 bits per heavy atom. The highest BCUT2D eigenvalue weighted by atomic mass is 35.5. The number of imidazole rings is 1. The minimum atomic E-state index is -0.450. The van der Waals surface area contributed by atoms with Gasteiger partial charge in [-0.05, 0) is 29.9 Å².